The molecular weight excluding hydrogens is 265 g/mol. The average Bonchev–Trinajstić information content (AvgIpc) is 2.80. The number of thioether (sulfide) groups is 1. The maximum atomic E-state index is 13.8. The van der Waals surface area contributed by atoms with Crippen LogP contribution in [0.5, 0.6) is 0 Å². The Bertz CT molecular complexity index is 455. The van der Waals surface area contributed by atoms with Crippen LogP contribution in [0.3, 0.4) is 0 Å². The molecule has 1 aromatic rings. The van der Waals surface area contributed by atoms with Crippen LogP contribution in [0.2, 0.25) is 0 Å². The van der Waals surface area contributed by atoms with Crippen LogP contribution in [0, 0.1) is 11.7 Å². The predicted octanol–water partition coefficient (Wildman–Crippen LogP) is 2.64. The van der Waals surface area contributed by atoms with E-state index in [0.717, 1.165) is 25.3 Å². The van der Waals surface area contributed by atoms with Gasteiger partial charge in [0, 0.05) is 12.1 Å². The summed E-state index contributed by atoms with van der Waals surface area (Å²) in [5, 5.41) is 9.41. The lowest BCUT2D eigenvalue weighted by Crippen LogP contribution is -2.33. The monoisotopic (exact) mass is 283 g/mol. The van der Waals surface area contributed by atoms with E-state index in [9.17, 15) is 14.3 Å². The summed E-state index contributed by atoms with van der Waals surface area (Å²) in [5.74, 6) is 0.113. The molecule has 1 aliphatic rings. The zero-order valence-corrected chi connectivity index (χ0v) is 11.7. The molecule has 1 saturated heterocycles. The number of rotatable bonds is 5. The average molecular weight is 283 g/mol. The molecule has 2 unspecified atom stereocenters. The van der Waals surface area contributed by atoms with E-state index in [1.807, 2.05) is 11.2 Å². The minimum atomic E-state index is -0.977. The van der Waals surface area contributed by atoms with Crippen molar-refractivity contribution < 1.29 is 14.3 Å². The Balaban J connectivity index is 2.18. The van der Waals surface area contributed by atoms with E-state index in [1.54, 1.807) is 30.0 Å². The summed E-state index contributed by atoms with van der Waals surface area (Å²) in [6.07, 6.45) is 3.03. The lowest BCUT2D eigenvalue weighted by atomic mass is 10.1. The Morgan fingerprint density at radius 1 is 1.58 bits per heavy atom. The number of benzene rings is 1. The van der Waals surface area contributed by atoms with Crippen molar-refractivity contribution in [3.05, 3.63) is 35.6 Å². The second-order valence-corrected chi connectivity index (χ2v) is 5.78. The summed E-state index contributed by atoms with van der Waals surface area (Å²) in [5.41, 5.74) is 0.264. The topological polar surface area (TPSA) is 40.5 Å². The Hall–Kier alpha value is -1.07. The second kappa shape index (κ2) is 6.39. The van der Waals surface area contributed by atoms with Gasteiger partial charge in [-0.05, 0) is 37.0 Å². The Morgan fingerprint density at radius 3 is 2.95 bits per heavy atom. The van der Waals surface area contributed by atoms with Gasteiger partial charge in [-0.1, -0.05) is 18.2 Å². The molecule has 2 atom stereocenters. The van der Waals surface area contributed by atoms with Crippen molar-refractivity contribution in [3.8, 4) is 0 Å². The molecule has 0 aliphatic carbocycles. The Morgan fingerprint density at radius 2 is 2.32 bits per heavy atom. The van der Waals surface area contributed by atoms with Gasteiger partial charge in [-0.2, -0.15) is 11.8 Å². The largest absolute Gasteiger partial charge is 0.480 e. The number of aliphatic carboxylic acids is 1. The zero-order chi connectivity index (χ0) is 13.8. The van der Waals surface area contributed by atoms with Crippen LogP contribution in [-0.4, -0.2) is 41.1 Å². The normalized spacial score (nSPS) is 21.5. The molecule has 0 amide bonds. The summed E-state index contributed by atoms with van der Waals surface area (Å²) < 4.78 is 13.8. The molecule has 1 aromatic carbocycles. The van der Waals surface area contributed by atoms with Crippen LogP contribution in [-0.2, 0) is 4.79 Å². The first-order valence-electron chi connectivity index (χ1n) is 6.33. The fraction of sp³-hybridized carbons (Fsp3) is 0.500. The minimum Gasteiger partial charge on any atom is -0.480 e. The third-order valence-corrected chi connectivity index (χ3v) is 4.32. The van der Waals surface area contributed by atoms with Crippen molar-refractivity contribution in [1.29, 1.82) is 0 Å². The van der Waals surface area contributed by atoms with Crippen LogP contribution in [0.1, 0.15) is 18.0 Å². The molecule has 1 aliphatic heterocycles. The standard InChI is InChI=1S/C14H18FNO2S/c1-19-9-10-6-7-16(8-10)13(14(17)18)11-4-2-3-5-12(11)15/h2-5,10,13H,6-9H2,1H3,(H,17,18). The lowest BCUT2D eigenvalue weighted by Gasteiger charge is -2.25. The molecule has 19 heavy (non-hydrogen) atoms. The molecule has 2 rings (SSSR count). The third-order valence-electron chi connectivity index (χ3n) is 3.52. The highest BCUT2D eigenvalue weighted by atomic mass is 32.2. The van der Waals surface area contributed by atoms with Gasteiger partial charge in [-0.15, -0.1) is 0 Å². The molecule has 5 heteroatoms. The zero-order valence-electron chi connectivity index (χ0n) is 10.9. The van der Waals surface area contributed by atoms with Crippen molar-refractivity contribution in [3.63, 3.8) is 0 Å². The van der Waals surface area contributed by atoms with Gasteiger partial charge in [0.1, 0.15) is 11.9 Å². The van der Waals surface area contributed by atoms with Crippen molar-refractivity contribution in [2.45, 2.75) is 12.5 Å². The van der Waals surface area contributed by atoms with Crippen LogP contribution in [0.4, 0.5) is 4.39 Å². The number of nitrogens with zero attached hydrogens (tertiary/aromatic N) is 1. The summed E-state index contributed by atoms with van der Waals surface area (Å²) in [6.45, 7) is 1.45. The summed E-state index contributed by atoms with van der Waals surface area (Å²) in [6, 6.07) is 5.28. The molecule has 0 spiro atoms. The van der Waals surface area contributed by atoms with Gasteiger partial charge in [-0.25, -0.2) is 4.39 Å². The molecule has 0 saturated carbocycles. The first kappa shape index (κ1) is 14.3. The maximum Gasteiger partial charge on any atom is 0.325 e. The summed E-state index contributed by atoms with van der Waals surface area (Å²) in [7, 11) is 0. The highest BCUT2D eigenvalue weighted by Crippen LogP contribution is 2.30. The Labute approximate surface area is 116 Å². The molecule has 104 valence electrons. The summed E-state index contributed by atoms with van der Waals surface area (Å²) in [4.78, 5) is 13.4. The van der Waals surface area contributed by atoms with Crippen LogP contribution in [0.15, 0.2) is 24.3 Å². The molecule has 0 aromatic heterocycles. The van der Waals surface area contributed by atoms with E-state index in [1.165, 1.54) is 6.07 Å². The van der Waals surface area contributed by atoms with Gasteiger partial charge in [0.2, 0.25) is 0 Å². The first-order valence-corrected chi connectivity index (χ1v) is 7.73. The van der Waals surface area contributed by atoms with E-state index >= 15 is 0 Å². The van der Waals surface area contributed by atoms with E-state index in [4.69, 9.17) is 0 Å². The number of hydrogen-bond acceptors (Lipinski definition) is 3. The van der Waals surface area contributed by atoms with Crippen LogP contribution in [0.25, 0.3) is 0 Å². The number of halogens is 1. The number of likely N-dealkylation sites (tertiary alicyclic amines) is 1. The molecule has 0 radical (unpaired) electrons. The smallest absolute Gasteiger partial charge is 0.325 e. The van der Waals surface area contributed by atoms with Gasteiger partial charge in [0.15, 0.2) is 0 Å². The van der Waals surface area contributed by atoms with Crippen molar-refractivity contribution >= 4 is 17.7 Å². The van der Waals surface area contributed by atoms with E-state index in [2.05, 4.69) is 0 Å². The van der Waals surface area contributed by atoms with Crippen molar-refractivity contribution in [2.75, 3.05) is 25.1 Å². The minimum absolute atomic E-state index is 0.264. The van der Waals surface area contributed by atoms with Crippen molar-refractivity contribution in [2.24, 2.45) is 5.92 Å². The second-order valence-electron chi connectivity index (χ2n) is 4.87. The molecule has 1 heterocycles. The summed E-state index contributed by atoms with van der Waals surface area (Å²) >= 11 is 1.77. The van der Waals surface area contributed by atoms with E-state index in [0.29, 0.717) is 5.92 Å². The first-order chi connectivity index (χ1) is 9.13. The van der Waals surface area contributed by atoms with Crippen LogP contribution < -0.4 is 0 Å². The molecule has 3 nitrogen and oxygen atoms in total. The molecule has 1 fully saturated rings. The van der Waals surface area contributed by atoms with Crippen molar-refractivity contribution in [1.82, 2.24) is 4.90 Å². The van der Waals surface area contributed by atoms with Gasteiger partial charge in [0.25, 0.3) is 0 Å². The van der Waals surface area contributed by atoms with Gasteiger partial charge in [0.05, 0.1) is 0 Å². The number of carboxylic acids is 1. The number of carbonyl (C=O) groups is 1. The van der Waals surface area contributed by atoms with Gasteiger partial charge >= 0.3 is 5.97 Å². The lowest BCUT2D eigenvalue weighted by molar-refractivity contribution is -0.143. The maximum absolute atomic E-state index is 13.8. The quantitative estimate of drug-likeness (QED) is 0.902. The van der Waals surface area contributed by atoms with Gasteiger partial charge < -0.3 is 5.11 Å². The number of hydrogen-bond donors (Lipinski definition) is 1. The third kappa shape index (κ3) is 3.28. The number of carboxylic acid groups (broad SMARTS) is 1. The molecule has 1 N–H and O–H groups in total. The van der Waals surface area contributed by atoms with E-state index in [-0.39, 0.29) is 5.56 Å². The Kier molecular flexibility index (Phi) is 4.82. The molecule has 0 bridgehead atoms. The predicted molar refractivity (Wildman–Crippen MR) is 74.8 cm³/mol. The SMILES string of the molecule is CSCC1CCN(C(C(=O)O)c2ccccc2F)C1. The highest BCUT2D eigenvalue weighted by molar-refractivity contribution is 7.98. The van der Waals surface area contributed by atoms with E-state index < -0.39 is 17.8 Å². The van der Waals surface area contributed by atoms with Crippen LogP contribution >= 0.6 is 11.8 Å². The fourth-order valence-electron chi connectivity index (χ4n) is 2.65. The molecular formula is C14H18FNO2S. The fourth-order valence-corrected chi connectivity index (χ4v) is 3.40. The van der Waals surface area contributed by atoms with Gasteiger partial charge in [-0.3, -0.25) is 9.69 Å². The highest BCUT2D eigenvalue weighted by Gasteiger charge is 2.34.